The van der Waals surface area contributed by atoms with Crippen molar-refractivity contribution in [3.63, 3.8) is 0 Å². The average molecular weight is 614 g/mol. The highest BCUT2D eigenvalue weighted by molar-refractivity contribution is 8.70. The molecule has 0 saturated carbocycles. The molecule has 0 spiro atoms. The standard InChI is InChI=1S/C18H35N3O16S2/c19-6-9(25)12(4(1-22)33-15(6)29)35-16-7(20)10(26)13(5(2-23)34-16)36-17-8(21)11(27)14(28)18(3-24,37-17)38-39(30,31)32/h4-17,22-29H,1-3,19-21H2,(H,30,31,32)/t4-,5-,6-,7-,8-,9-,10-,11-,12?,13?,14+,15-,16+,17+,18-/m1/s1. The molecule has 0 aromatic carbocycles. The molecule has 19 nitrogen and oxygen atoms in total. The Kier molecular flexibility index (Phi) is 10.9. The van der Waals surface area contributed by atoms with Crippen molar-refractivity contribution in [1.82, 2.24) is 0 Å². The zero-order chi connectivity index (χ0) is 29.4. The van der Waals surface area contributed by atoms with Gasteiger partial charge in [0.1, 0.15) is 48.8 Å². The first kappa shape index (κ1) is 33.1. The SMILES string of the molecule is N[C@H]1[C@@H](OC2[C@@H](CO)O[C@@H](OC3[C@@H](CO)O[C@@H](O)[C@H](N)[C@H]3O)[C@H](N)[C@H]2O)O[C@](CO)(SS(=O)(=O)O)[C@@H](O)[C@@H]1O. The molecule has 15 N–H and O–H groups in total. The third kappa shape index (κ3) is 6.83. The molecule has 3 heterocycles. The van der Waals surface area contributed by atoms with Crippen molar-refractivity contribution in [2.24, 2.45) is 17.2 Å². The Balaban J connectivity index is 1.80. The van der Waals surface area contributed by atoms with Crippen LogP contribution in [0.1, 0.15) is 0 Å². The zero-order valence-corrected chi connectivity index (χ0v) is 21.8. The summed E-state index contributed by atoms with van der Waals surface area (Å²) in [5.41, 5.74) is 17.6. The summed E-state index contributed by atoms with van der Waals surface area (Å²) in [6.07, 6.45) is -18.2. The molecule has 15 atom stereocenters. The van der Waals surface area contributed by atoms with E-state index in [9.17, 15) is 53.8 Å². The summed E-state index contributed by atoms with van der Waals surface area (Å²) in [6.45, 7) is -2.82. The summed E-state index contributed by atoms with van der Waals surface area (Å²) in [5.74, 6) is 0. The lowest BCUT2D eigenvalue weighted by Gasteiger charge is -2.50. The molecule has 3 aliphatic rings. The predicted molar refractivity (Wildman–Crippen MR) is 125 cm³/mol. The van der Waals surface area contributed by atoms with Gasteiger partial charge in [0, 0.05) is 10.8 Å². The first-order valence-corrected chi connectivity index (χ1v) is 14.4. The summed E-state index contributed by atoms with van der Waals surface area (Å²) in [7, 11) is -5.39. The van der Waals surface area contributed by atoms with E-state index in [1.165, 1.54) is 0 Å². The fourth-order valence-corrected chi connectivity index (χ4v) is 6.88. The number of ether oxygens (including phenoxy) is 5. The van der Waals surface area contributed by atoms with Crippen molar-refractivity contribution < 1.29 is 77.5 Å². The van der Waals surface area contributed by atoms with Gasteiger partial charge in [-0.25, -0.2) is 0 Å². The monoisotopic (exact) mass is 613 g/mol. The van der Waals surface area contributed by atoms with E-state index in [0.29, 0.717) is 0 Å². The zero-order valence-electron chi connectivity index (χ0n) is 20.1. The van der Waals surface area contributed by atoms with Crippen molar-refractivity contribution in [3.8, 4) is 0 Å². The second-order valence-corrected chi connectivity index (χ2v) is 12.8. The number of hydrogen-bond acceptors (Lipinski definition) is 19. The van der Waals surface area contributed by atoms with Crippen molar-refractivity contribution in [2.45, 2.75) is 90.8 Å². The highest BCUT2D eigenvalue weighted by atomic mass is 33.1. The van der Waals surface area contributed by atoms with Gasteiger partial charge in [0.2, 0.25) is 0 Å². The van der Waals surface area contributed by atoms with Gasteiger partial charge in [-0.1, -0.05) is 0 Å². The average Bonchev–Trinajstić information content (AvgIpc) is 2.88. The van der Waals surface area contributed by atoms with Crippen molar-refractivity contribution in [2.75, 3.05) is 19.8 Å². The fraction of sp³-hybridized carbons (Fsp3) is 1.00. The van der Waals surface area contributed by atoms with E-state index in [0.717, 1.165) is 0 Å². The first-order valence-electron chi connectivity index (χ1n) is 11.6. The van der Waals surface area contributed by atoms with Crippen LogP contribution >= 0.6 is 10.8 Å². The molecule has 0 aliphatic carbocycles. The maximum absolute atomic E-state index is 11.5. The largest absolute Gasteiger partial charge is 0.394 e. The van der Waals surface area contributed by atoms with Crippen molar-refractivity contribution in [1.29, 1.82) is 0 Å². The molecule has 3 rings (SSSR count). The third-order valence-corrected chi connectivity index (χ3v) is 9.11. The smallest absolute Gasteiger partial charge is 0.322 e. The van der Waals surface area contributed by atoms with Crippen LogP contribution in [-0.2, 0) is 32.8 Å². The number of hydrogen-bond donors (Lipinski definition) is 12. The van der Waals surface area contributed by atoms with E-state index < -0.39 is 131 Å². The van der Waals surface area contributed by atoms with Gasteiger partial charge in [-0.15, -0.1) is 0 Å². The lowest BCUT2D eigenvalue weighted by molar-refractivity contribution is -0.351. The molecule has 0 aromatic heterocycles. The van der Waals surface area contributed by atoms with E-state index in [1.54, 1.807) is 0 Å². The van der Waals surface area contributed by atoms with Gasteiger partial charge in [0.25, 0.3) is 0 Å². The summed E-state index contributed by atoms with van der Waals surface area (Å²) in [6, 6.07) is -4.44. The van der Waals surface area contributed by atoms with Gasteiger partial charge >= 0.3 is 9.15 Å². The molecule has 3 aliphatic heterocycles. The Morgan fingerprint density at radius 3 is 1.77 bits per heavy atom. The van der Waals surface area contributed by atoms with E-state index in [2.05, 4.69) is 0 Å². The number of nitrogens with two attached hydrogens (primary N) is 3. The Bertz CT molecular complexity index is 919. The van der Waals surface area contributed by atoms with Gasteiger partial charge in [-0.2, -0.15) is 8.42 Å². The van der Waals surface area contributed by atoms with Gasteiger partial charge < -0.3 is 81.7 Å². The second-order valence-electron chi connectivity index (χ2n) is 9.29. The van der Waals surface area contributed by atoms with Crippen LogP contribution in [0.25, 0.3) is 0 Å². The van der Waals surface area contributed by atoms with Gasteiger partial charge in [-0.05, 0) is 0 Å². The lowest BCUT2D eigenvalue weighted by atomic mass is 9.94. The lowest BCUT2D eigenvalue weighted by Crippen LogP contribution is -2.71. The van der Waals surface area contributed by atoms with E-state index >= 15 is 0 Å². The molecule has 0 bridgehead atoms. The van der Waals surface area contributed by atoms with Crippen LogP contribution in [0, 0.1) is 0 Å². The highest BCUT2D eigenvalue weighted by Gasteiger charge is 2.58. The Hall–Kier alpha value is -0.380. The van der Waals surface area contributed by atoms with Crippen LogP contribution in [0.4, 0.5) is 0 Å². The van der Waals surface area contributed by atoms with Crippen LogP contribution in [-0.4, -0.2) is 164 Å². The minimum absolute atomic E-state index is 0.427. The summed E-state index contributed by atoms with van der Waals surface area (Å²) >= 11 is 0. The molecule has 0 aromatic rings. The molecular weight excluding hydrogens is 578 g/mol. The van der Waals surface area contributed by atoms with Gasteiger partial charge in [-0.3, -0.25) is 4.55 Å². The van der Waals surface area contributed by atoms with Crippen molar-refractivity contribution in [3.05, 3.63) is 0 Å². The van der Waals surface area contributed by atoms with E-state index in [1.807, 2.05) is 0 Å². The van der Waals surface area contributed by atoms with Crippen LogP contribution in [0.3, 0.4) is 0 Å². The fourth-order valence-electron chi connectivity index (χ4n) is 4.46. The van der Waals surface area contributed by atoms with Gasteiger partial charge in [0.15, 0.2) is 23.8 Å². The number of aliphatic hydroxyl groups is 8. The third-order valence-electron chi connectivity index (χ3n) is 6.67. The van der Waals surface area contributed by atoms with Crippen LogP contribution in [0.2, 0.25) is 0 Å². The molecule has 0 amide bonds. The molecular formula is C18H35N3O16S2. The Morgan fingerprint density at radius 1 is 0.769 bits per heavy atom. The summed E-state index contributed by atoms with van der Waals surface area (Å²) in [4.78, 5) is -2.57. The molecule has 3 saturated heterocycles. The first-order chi connectivity index (χ1) is 18.1. The van der Waals surface area contributed by atoms with E-state index in [-0.39, 0.29) is 0 Å². The number of rotatable bonds is 9. The second kappa shape index (κ2) is 12.9. The topological polar surface area (TPSA) is 340 Å². The van der Waals surface area contributed by atoms with Crippen LogP contribution < -0.4 is 17.2 Å². The number of aliphatic hydroxyl groups excluding tert-OH is 8. The van der Waals surface area contributed by atoms with Crippen molar-refractivity contribution >= 4 is 19.9 Å². The molecule has 2 unspecified atom stereocenters. The summed E-state index contributed by atoms with van der Waals surface area (Å²) < 4.78 is 59.5. The molecule has 39 heavy (non-hydrogen) atoms. The van der Waals surface area contributed by atoms with Crippen LogP contribution in [0.5, 0.6) is 0 Å². The Morgan fingerprint density at radius 2 is 1.26 bits per heavy atom. The Labute approximate surface area is 225 Å². The van der Waals surface area contributed by atoms with Crippen LogP contribution in [0.15, 0.2) is 0 Å². The quantitative estimate of drug-likeness (QED) is 0.0848. The molecule has 0 radical (unpaired) electrons. The normalized spacial score (nSPS) is 49.6. The minimum atomic E-state index is -4.96. The molecule has 230 valence electrons. The minimum Gasteiger partial charge on any atom is -0.394 e. The maximum atomic E-state index is 11.5. The predicted octanol–water partition coefficient (Wildman–Crippen LogP) is -7.81. The highest BCUT2D eigenvalue weighted by Crippen LogP contribution is 2.42. The molecule has 3 fully saturated rings. The van der Waals surface area contributed by atoms with E-state index in [4.69, 9.17) is 40.9 Å². The molecule has 21 heteroatoms. The maximum Gasteiger partial charge on any atom is 0.322 e. The van der Waals surface area contributed by atoms with Gasteiger partial charge in [0.05, 0.1) is 37.9 Å². The summed E-state index contributed by atoms with van der Waals surface area (Å²) in [5, 5.41) is 81.1.